The molecule has 0 unspecified atom stereocenters. The zero-order valence-electron chi connectivity index (χ0n) is 6.48. The molecular formula is C9H5BrFIS. The molecule has 0 radical (unpaired) electrons. The van der Waals surface area contributed by atoms with E-state index < -0.39 is 0 Å². The van der Waals surface area contributed by atoms with Crippen molar-refractivity contribution >= 4 is 59.9 Å². The van der Waals surface area contributed by atoms with Gasteiger partial charge >= 0.3 is 0 Å². The van der Waals surface area contributed by atoms with Crippen molar-refractivity contribution in [3.05, 3.63) is 32.5 Å². The minimum atomic E-state index is -0.0737. The van der Waals surface area contributed by atoms with Crippen LogP contribution >= 0.6 is 49.9 Å². The Labute approximate surface area is 101 Å². The average molecular weight is 371 g/mol. The van der Waals surface area contributed by atoms with Gasteiger partial charge in [0.1, 0.15) is 5.82 Å². The molecule has 1 heterocycles. The number of thiophene rings is 1. The molecule has 0 saturated heterocycles. The topological polar surface area (TPSA) is 0 Å². The second-order valence-corrected chi connectivity index (χ2v) is 5.42. The molecule has 2 rings (SSSR count). The fourth-order valence-corrected chi connectivity index (χ4v) is 3.54. The maximum atomic E-state index is 13.6. The molecule has 68 valence electrons. The number of halogens is 3. The fourth-order valence-electron chi connectivity index (χ4n) is 1.19. The molecule has 0 nitrogen and oxygen atoms in total. The van der Waals surface area contributed by atoms with E-state index in [1.165, 1.54) is 11.3 Å². The zero-order valence-corrected chi connectivity index (χ0v) is 11.0. The van der Waals surface area contributed by atoms with Crippen LogP contribution in [0, 0.1) is 9.39 Å². The summed E-state index contributed by atoms with van der Waals surface area (Å²) in [5.41, 5.74) is 0. The van der Waals surface area contributed by atoms with Gasteiger partial charge < -0.3 is 0 Å². The second-order valence-electron chi connectivity index (χ2n) is 2.59. The lowest BCUT2D eigenvalue weighted by atomic mass is 10.2. The third-order valence-corrected chi connectivity index (χ3v) is 5.21. The summed E-state index contributed by atoms with van der Waals surface area (Å²) in [6, 6.07) is 5.71. The standard InChI is InChI=1S/C9H5BrFIS/c10-4-7-8(11)5-2-1-3-6(12)9(5)13-7/h1-3H,4H2. The van der Waals surface area contributed by atoms with Gasteiger partial charge in [0.05, 0.1) is 9.58 Å². The van der Waals surface area contributed by atoms with Crippen LogP contribution in [0.3, 0.4) is 0 Å². The Kier molecular flexibility index (Phi) is 2.90. The van der Waals surface area contributed by atoms with Crippen LogP contribution in [0.4, 0.5) is 4.39 Å². The molecule has 0 fully saturated rings. The van der Waals surface area contributed by atoms with Crippen LogP contribution in [0.15, 0.2) is 18.2 Å². The van der Waals surface area contributed by atoms with Gasteiger partial charge in [0.15, 0.2) is 0 Å². The molecule has 4 heteroatoms. The van der Waals surface area contributed by atoms with E-state index in [4.69, 9.17) is 0 Å². The Balaban J connectivity index is 2.83. The van der Waals surface area contributed by atoms with Crippen LogP contribution in [0.2, 0.25) is 0 Å². The van der Waals surface area contributed by atoms with Gasteiger partial charge in [-0.15, -0.1) is 11.3 Å². The monoisotopic (exact) mass is 370 g/mol. The number of hydrogen-bond acceptors (Lipinski definition) is 1. The summed E-state index contributed by atoms with van der Waals surface area (Å²) in [5.74, 6) is -0.0737. The molecule has 0 N–H and O–H groups in total. The van der Waals surface area contributed by atoms with Gasteiger partial charge in [-0.2, -0.15) is 0 Å². The summed E-state index contributed by atoms with van der Waals surface area (Å²) in [7, 11) is 0. The van der Waals surface area contributed by atoms with Crippen molar-refractivity contribution < 1.29 is 4.39 Å². The van der Waals surface area contributed by atoms with Crippen molar-refractivity contribution in [1.82, 2.24) is 0 Å². The van der Waals surface area contributed by atoms with Crippen molar-refractivity contribution in [3.63, 3.8) is 0 Å². The Morgan fingerprint density at radius 3 is 2.85 bits per heavy atom. The lowest BCUT2D eigenvalue weighted by Gasteiger charge is -1.90. The maximum absolute atomic E-state index is 13.6. The van der Waals surface area contributed by atoms with E-state index in [1.54, 1.807) is 0 Å². The second kappa shape index (κ2) is 3.82. The van der Waals surface area contributed by atoms with Gasteiger partial charge in [-0.3, -0.25) is 0 Å². The first kappa shape index (κ1) is 9.86. The highest BCUT2D eigenvalue weighted by atomic mass is 127. The molecule has 2 aromatic rings. The van der Waals surface area contributed by atoms with Crippen LogP contribution < -0.4 is 0 Å². The Morgan fingerprint density at radius 1 is 1.46 bits per heavy atom. The van der Waals surface area contributed by atoms with E-state index in [1.807, 2.05) is 18.2 Å². The van der Waals surface area contributed by atoms with E-state index >= 15 is 0 Å². The molecule has 13 heavy (non-hydrogen) atoms. The third kappa shape index (κ3) is 1.64. The lowest BCUT2D eigenvalue weighted by molar-refractivity contribution is 0.636. The molecular weight excluding hydrogens is 366 g/mol. The van der Waals surface area contributed by atoms with Crippen molar-refractivity contribution in [2.45, 2.75) is 5.33 Å². The first-order valence-corrected chi connectivity index (χ1v) is 6.67. The number of alkyl halides is 1. The Bertz CT molecular complexity index is 452. The van der Waals surface area contributed by atoms with Gasteiger partial charge in [-0.1, -0.05) is 28.1 Å². The minimum absolute atomic E-state index is 0.0737. The first-order chi connectivity index (χ1) is 6.24. The SMILES string of the molecule is Fc1c(CBr)sc2c(I)cccc12. The summed E-state index contributed by atoms with van der Waals surface area (Å²) >= 11 is 7.03. The van der Waals surface area contributed by atoms with E-state index in [0.29, 0.717) is 5.33 Å². The van der Waals surface area contributed by atoms with Crippen molar-refractivity contribution in [2.24, 2.45) is 0 Å². The van der Waals surface area contributed by atoms with Crippen LogP contribution in [0.5, 0.6) is 0 Å². The van der Waals surface area contributed by atoms with Gasteiger partial charge in [0.2, 0.25) is 0 Å². The largest absolute Gasteiger partial charge is 0.205 e. The zero-order chi connectivity index (χ0) is 9.42. The van der Waals surface area contributed by atoms with Crippen molar-refractivity contribution in [3.8, 4) is 0 Å². The summed E-state index contributed by atoms with van der Waals surface area (Å²) < 4.78 is 15.8. The summed E-state index contributed by atoms with van der Waals surface area (Å²) in [4.78, 5) is 0.777. The molecule has 0 aliphatic carbocycles. The number of fused-ring (bicyclic) bond motifs is 1. The Morgan fingerprint density at radius 2 is 2.23 bits per heavy atom. The summed E-state index contributed by atoms with van der Waals surface area (Å²) in [6.07, 6.45) is 0. The highest BCUT2D eigenvalue weighted by molar-refractivity contribution is 14.1. The minimum Gasteiger partial charge on any atom is -0.205 e. The average Bonchev–Trinajstić information content (AvgIpc) is 2.45. The lowest BCUT2D eigenvalue weighted by Crippen LogP contribution is -1.75. The summed E-state index contributed by atoms with van der Waals surface area (Å²) in [6.45, 7) is 0. The van der Waals surface area contributed by atoms with Gasteiger partial charge in [0.25, 0.3) is 0 Å². The Hall–Kier alpha value is 0.320. The van der Waals surface area contributed by atoms with Crippen LogP contribution in [0.25, 0.3) is 10.1 Å². The molecule has 1 aromatic carbocycles. The third-order valence-electron chi connectivity index (χ3n) is 1.79. The molecule has 0 aliphatic rings. The van der Waals surface area contributed by atoms with Crippen LogP contribution in [-0.2, 0) is 5.33 Å². The number of rotatable bonds is 1. The van der Waals surface area contributed by atoms with E-state index in [9.17, 15) is 4.39 Å². The molecule has 0 atom stereocenters. The fraction of sp³-hybridized carbons (Fsp3) is 0.111. The molecule has 0 bridgehead atoms. The number of hydrogen-bond donors (Lipinski definition) is 0. The van der Waals surface area contributed by atoms with Gasteiger partial charge in [-0.05, 0) is 28.7 Å². The molecule has 0 amide bonds. The summed E-state index contributed by atoms with van der Waals surface area (Å²) in [5, 5.41) is 1.33. The van der Waals surface area contributed by atoms with Crippen LogP contribution in [0.1, 0.15) is 4.88 Å². The first-order valence-electron chi connectivity index (χ1n) is 3.65. The van der Waals surface area contributed by atoms with E-state index in [0.717, 1.165) is 18.5 Å². The quantitative estimate of drug-likeness (QED) is 0.510. The van der Waals surface area contributed by atoms with Gasteiger partial charge in [-0.25, -0.2) is 4.39 Å². The van der Waals surface area contributed by atoms with Crippen molar-refractivity contribution in [1.29, 1.82) is 0 Å². The van der Waals surface area contributed by atoms with Gasteiger partial charge in [0, 0.05) is 14.3 Å². The number of benzene rings is 1. The van der Waals surface area contributed by atoms with Crippen LogP contribution in [-0.4, -0.2) is 0 Å². The molecule has 0 aliphatic heterocycles. The van der Waals surface area contributed by atoms with Crippen molar-refractivity contribution in [2.75, 3.05) is 0 Å². The normalized spacial score (nSPS) is 11.0. The van der Waals surface area contributed by atoms with E-state index in [-0.39, 0.29) is 5.82 Å². The molecule has 1 aromatic heterocycles. The predicted molar refractivity (Wildman–Crippen MR) is 67.1 cm³/mol. The predicted octanol–water partition coefficient (Wildman–Crippen LogP) is 4.54. The maximum Gasteiger partial charge on any atom is 0.145 e. The molecule has 0 saturated carbocycles. The highest BCUT2D eigenvalue weighted by Crippen LogP contribution is 2.34. The van der Waals surface area contributed by atoms with E-state index in [2.05, 4.69) is 38.5 Å². The molecule has 0 spiro atoms. The highest BCUT2D eigenvalue weighted by Gasteiger charge is 2.11. The smallest absolute Gasteiger partial charge is 0.145 e.